The number of nitrogens with zero attached hydrogens (tertiary/aromatic N) is 1. The van der Waals surface area contributed by atoms with Crippen LogP contribution in [0.5, 0.6) is 0 Å². The first kappa shape index (κ1) is 13.6. The van der Waals surface area contributed by atoms with Gasteiger partial charge in [-0.15, -0.1) is 12.3 Å². The van der Waals surface area contributed by atoms with E-state index in [0.717, 1.165) is 12.0 Å². The van der Waals surface area contributed by atoms with E-state index in [1.54, 1.807) is 24.3 Å². The van der Waals surface area contributed by atoms with Gasteiger partial charge in [0.1, 0.15) is 0 Å². The highest BCUT2D eigenvalue weighted by atomic mass is 35.5. The lowest BCUT2D eigenvalue weighted by atomic mass is 9.92. The topological polar surface area (TPSA) is 44.0 Å². The van der Waals surface area contributed by atoms with Crippen molar-refractivity contribution in [1.29, 1.82) is 5.26 Å². The number of aliphatic hydroxyl groups excluding tert-OH is 1. The molecule has 1 N–H and O–H groups in total. The summed E-state index contributed by atoms with van der Waals surface area (Å²) in [6.45, 7) is 0. The summed E-state index contributed by atoms with van der Waals surface area (Å²) in [5.41, 5.74) is 0.783. The first-order valence-corrected chi connectivity index (χ1v) is 5.83. The Balaban J connectivity index is 2.68. The summed E-state index contributed by atoms with van der Waals surface area (Å²) in [5, 5.41) is 19.6. The van der Waals surface area contributed by atoms with E-state index in [-0.39, 0.29) is 0 Å². The Morgan fingerprint density at radius 3 is 2.53 bits per heavy atom. The molecule has 0 heterocycles. The lowest BCUT2D eigenvalue weighted by Crippen LogP contribution is -2.17. The molecule has 0 aliphatic rings. The Morgan fingerprint density at radius 1 is 1.35 bits per heavy atom. The minimum Gasteiger partial charge on any atom is -0.391 e. The third-order valence-electron chi connectivity index (χ3n) is 2.57. The second-order valence-electron chi connectivity index (χ2n) is 3.82. The smallest absolute Gasteiger partial charge is 0.0971 e. The molecule has 3 heteroatoms. The second-order valence-corrected chi connectivity index (χ2v) is 4.26. The predicted molar refractivity (Wildman–Crippen MR) is 68.5 cm³/mol. The number of benzene rings is 1. The lowest BCUT2D eigenvalue weighted by molar-refractivity contribution is 0.149. The molecular formula is C14H14ClNO. The average Bonchev–Trinajstić information content (AvgIpc) is 2.33. The van der Waals surface area contributed by atoms with Crippen LogP contribution in [0.3, 0.4) is 0 Å². The number of halogens is 1. The fraction of sp³-hybridized carbons (Fsp3) is 0.357. The maximum atomic E-state index is 9.93. The van der Waals surface area contributed by atoms with Gasteiger partial charge in [0.05, 0.1) is 18.1 Å². The summed E-state index contributed by atoms with van der Waals surface area (Å²) < 4.78 is 0. The molecule has 0 saturated heterocycles. The first-order chi connectivity index (χ1) is 8.19. The number of hydrogen-bond acceptors (Lipinski definition) is 2. The van der Waals surface area contributed by atoms with Gasteiger partial charge >= 0.3 is 0 Å². The minimum absolute atomic E-state index is 0.523. The molecule has 0 amide bonds. The van der Waals surface area contributed by atoms with Gasteiger partial charge in [-0.1, -0.05) is 23.7 Å². The molecular weight excluding hydrogens is 234 g/mol. The molecule has 2 atom stereocenters. The van der Waals surface area contributed by atoms with E-state index >= 15 is 0 Å². The van der Waals surface area contributed by atoms with E-state index in [0.29, 0.717) is 17.9 Å². The van der Waals surface area contributed by atoms with Gasteiger partial charge < -0.3 is 5.11 Å². The molecule has 17 heavy (non-hydrogen) atoms. The fourth-order valence-electron chi connectivity index (χ4n) is 1.63. The third kappa shape index (κ3) is 4.11. The lowest BCUT2D eigenvalue weighted by Gasteiger charge is -2.16. The third-order valence-corrected chi connectivity index (χ3v) is 2.83. The minimum atomic E-state index is -0.686. The van der Waals surface area contributed by atoms with Crippen molar-refractivity contribution in [2.45, 2.75) is 31.3 Å². The van der Waals surface area contributed by atoms with E-state index in [2.05, 4.69) is 12.0 Å². The van der Waals surface area contributed by atoms with Crippen LogP contribution in [0, 0.1) is 23.7 Å². The maximum Gasteiger partial charge on any atom is 0.0971 e. The first-order valence-electron chi connectivity index (χ1n) is 5.45. The van der Waals surface area contributed by atoms with E-state index < -0.39 is 12.0 Å². The molecule has 88 valence electrons. The van der Waals surface area contributed by atoms with Gasteiger partial charge in [0.15, 0.2) is 0 Å². The van der Waals surface area contributed by atoms with Crippen molar-refractivity contribution in [3.05, 3.63) is 34.9 Å². The summed E-state index contributed by atoms with van der Waals surface area (Å²) in [5.74, 6) is 1.99. The number of nitriles is 1. The summed E-state index contributed by atoms with van der Waals surface area (Å²) in [6, 6.07) is 9.08. The number of terminal acetylenes is 1. The molecule has 2 nitrogen and oxygen atoms in total. The van der Waals surface area contributed by atoms with Crippen molar-refractivity contribution >= 4 is 11.6 Å². The molecule has 2 unspecified atom stereocenters. The molecule has 0 aliphatic heterocycles. The maximum absolute atomic E-state index is 9.93. The standard InChI is InChI=1S/C14H14ClNO/c1-2-3-4-5-14(17)13(10-16)11-6-8-12(15)9-7-11/h1,6-9,13-14,17H,3-5H2. The van der Waals surface area contributed by atoms with Crippen LogP contribution in [0.15, 0.2) is 24.3 Å². The summed E-state index contributed by atoms with van der Waals surface area (Å²) in [7, 11) is 0. The molecule has 0 fully saturated rings. The number of aliphatic hydroxyl groups is 1. The predicted octanol–water partition coefficient (Wildman–Crippen LogP) is 3.11. The SMILES string of the molecule is C#CCCCC(O)C(C#N)c1ccc(Cl)cc1. The van der Waals surface area contributed by atoms with E-state index in [1.165, 1.54) is 0 Å². The van der Waals surface area contributed by atoms with Crippen LogP contribution in [-0.4, -0.2) is 11.2 Å². The van der Waals surface area contributed by atoms with Crippen LogP contribution in [0.25, 0.3) is 0 Å². The normalized spacial score (nSPS) is 13.4. The Hall–Kier alpha value is -1.48. The Kier molecular flexibility index (Phi) is 5.57. The van der Waals surface area contributed by atoms with Gasteiger partial charge in [0.25, 0.3) is 0 Å². The molecule has 1 aromatic carbocycles. The quantitative estimate of drug-likeness (QED) is 0.642. The van der Waals surface area contributed by atoms with E-state index in [9.17, 15) is 5.11 Å². The Labute approximate surface area is 107 Å². The van der Waals surface area contributed by atoms with Crippen LogP contribution in [0.4, 0.5) is 0 Å². The van der Waals surface area contributed by atoms with Crippen molar-refractivity contribution in [2.24, 2.45) is 0 Å². The monoisotopic (exact) mass is 247 g/mol. The number of unbranched alkanes of at least 4 members (excludes halogenated alkanes) is 1. The molecule has 0 spiro atoms. The van der Waals surface area contributed by atoms with Gasteiger partial charge in [-0.25, -0.2) is 0 Å². The van der Waals surface area contributed by atoms with Crippen LogP contribution < -0.4 is 0 Å². The van der Waals surface area contributed by atoms with Gasteiger partial charge in [0.2, 0.25) is 0 Å². The van der Waals surface area contributed by atoms with Crippen LogP contribution in [-0.2, 0) is 0 Å². The Morgan fingerprint density at radius 2 is 2.00 bits per heavy atom. The van der Waals surface area contributed by atoms with Crippen LogP contribution >= 0.6 is 11.6 Å². The van der Waals surface area contributed by atoms with Crippen molar-refractivity contribution in [2.75, 3.05) is 0 Å². The van der Waals surface area contributed by atoms with Gasteiger partial charge in [0, 0.05) is 11.4 Å². The highest BCUT2D eigenvalue weighted by Gasteiger charge is 2.20. The van der Waals surface area contributed by atoms with E-state index in [1.807, 2.05) is 0 Å². The summed E-state index contributed by atoms with van der Waals surface area (Å²) in [4.78, 5) is 0. The molecule has 0 radical (unpaired) electrons. The zero-order valence-corrected chi connectivity index (χ0v) is 10.2. The molecule has 0 aromatic heterocycles. The fourth-order valence-corrected chi connectivity index (χ4v) is 1.76. The van der Waals surface area contributed by atoms with Crippen LogP contribution in [0.1, 0.15) is 30.7 Å². The Bertz CT molecular complexity index is 427. The average molecular weight is 248 g/mol. The molecule has 1 rings (SSSR count). The van der Waals surface area contributed by atoms with Gasteiger partial charge in [-0.2, -0.15) is 5.26 Å². The molecule has 0 saturated carbocycles. The van der Waals surface area contributed by atoms with Gasteiger partial charge in [-0.3, -0.25) is 0 Å². The summed E-state index contributed by atoms with van der Waals surface area (Å²) >= 11 is 5.77. The number of hydrogen-bond donors (Lipinski definition) is 1. The van der Waals surface area contributed by atoms with Crippen molar-refractivity contribution < 1.29 is 5.11 Å². The van der Waals surface area contributed by atoms with Crippen molar-refractivity contribution in [3.8, 4) is 18.4 Å². The highest BCUT2D eigenvalue weighted by Crippen LogP contribution is 2.23. The summed E-state index contributed by atoms with van der Waals surface area (Å²) in [6.07, 6.45) is 6.33. The van der Waals surface area contributed by atoms with Gasteiger partial charge in [-0.05, 0) is 30.5 Å². The number of rotatable bonds is 5. The highest BCUT2D eigenvalue weighted by molar-refractivity contribution is 6.30. The molecule has 1 aromatic rings. The largest absolute Gasteiger partial charge is 0.391 e. The van der Waals surface area contributed by atoms with Crippen LogP contribution in [0.2, 0.25) is 5.02 Å². The van der Waals surface area contributed by atoms with Crippen molar-refractivity contribution in [3.63, 3.8) is 0 Å². The molecule has 0 aliphatic carbocycles. The van der Waals surface area contributed by atoms with Crippen molar-refractivity contribution in [1.82, 2.24) is 0 Å². The van der Waals surface area contributed by atoms with E-state index in [4.69, 9.17) is 23.3 Å². The second kappa shape index (κ2) is 6.97. The zero-order chi connectivity index (χ0) is 12.7. The zero-order valence-electron chi connectivity index (χ0n) is 9.44. The molecule has 0 bridgehead atoms.